The van der Waals surface area contributed by atoms with E-state index < -0.39 is 5.60 Å². The molecule has 0 aromatic heterocycles. The zero-order valence-corrected chi connectivity index (χ0v) is 22.1. The number of carbonyl (C=O) groups is 1. The van der Waals surface area contributed by atoms with Gasteiger partial charge in [0.2, 0.25) is 0 Å². The van der Waals surface area contributed by atoms with Crippen molar-refractivity contribution in [3.63, 3.8) is 0 Å². The first-order valence-corrected chi connectivity index (χ1v) is 13.7. The van der Waals surface area contributed by atoms with E-state index >= 15 is 0 Å². The normalized spacial score (nSPS) is 42.5. The summed E-state index contributed by atoms with van der Waals surface area (Å²) < 4.78 is 5.32. The Morgan fingerprint density at radius 1 is 1.06 bits per heavy atom. The molecule has 7 unspecified atom stereocenters. The second-order valence-corrected chi connectivity index (χ2v) is 13.1. The molecule has 5 rings (SSSR count). The number of ketones is 1. The average Bonchev–Trinajstić information content (AvgIpc) is 3.17. The number of ether oxygens (including phenoxy) is 1. The van der Waals surface area contributed by atoms with Crippen LogP contribution in [-0.4, -0.2) is 30.1 Å². The molecular formula is C29H45N3O3. The first-order valence-electron chi connectivity index (χ1n) is 13.7. The second-order valence-electron chi connectivity index (χ2n) is 13.1. The Kier molecular flexibility index (Phi) is 6.15. The number of nitrogens with two attached hydrogens (primary N) is 2. The molecule has 0 radical (unpaired) electrons. The SMILES string of the molecule is COc1ccc(N)c(N(N)CC(=O)C2CCC3C4CCC5C[C@](C)(O)CCC5(C)C4CCC23C)c1. The fourth-order valence-electron chi connectivity index (χ4n) is 9.22. The van der Waals surface area contributed by atoms with Crippen LogP contribution in [0.3, 0.4) is 0 Å². The van der Waals surface area contributed by atoms with E-state index in [2.05, 4.69) is 13.8 Å². The van der Waals surface area contributed by atoms with Gasteiger partial charge in [0, 0.05) is 12.0 Å². The van der Waals surface area contributed by atoms with Gasteiger partial charge < -0.3 is 20.6 Å². The Balaban J connectivity index is 1.31. The maximum atomic E-state index is 13.7. The number of Topliss-reactive ketones (excluding diaryl/α,β-unsaturated/α-hetero) is 1. The van der Waals surface area contributed by atoms with Crippen LogP contribution in [0.15, 0.2) is 18.2 Å². The van der Waals surface area contributed by atoms with E-state index in [9.17, 15) is 9.90 Å². The van der Waals surface area contributed by atoms with E-state index in [1.165, 1.54) is 24.3 Å². The monoisotopic (exact) mass is 483 g/mol. The van der Waals surface area contributed by atoms with E-state index in [0.717, 1.165) is 44.4 Å². The van der Waals surface area contributed by atoms with Gasteiger partial charge in [0.1, 0.15) is 5.75 Å². The summed E-state index contributed by atoms with van der Waals surface area (Å²) in [5.74, 6) is 10.0. The minimum absolute atomic E-state index is 0.0579. The molecule has 4 fully saturated rings. The molecule has 5 N–H and O–H groups in total. The number of methoxy groups -OCH3 is 1. The first-order chi connectivity index (χ1) is 16.5. The summed E-state index contributed by atoms with van der Waals surface area (Å²) in [5, 5.41) is 12.2. The molecule has 1 aromatic rings. The Hall–Kier alpha value is -1.79. The average molecular weight is 484 g/mol. The van der Waals surface area contributed by atoms with Crippen LogP contribution in [-0.2, 0) is 4.79 Å². The van der Waals surface area contributed by atoms with Crippen molar-refractivity contribution < 1.29 is 14.6 Å². The van der Waals surface area contributed by atoms with Crippen LogP contribution in [0, 0.1) is 40.4 Å². The maximum Gasteiger partial charge on any atom is 0.157 e. The van der Waals surface area contributed by atoms with Crippen LogP contribution in [0.25, 0.3) is 0 Å². The number of nitrogens with zero attached hydrogens (tertiary/aromatic N) is 1. The standard InChI is InChI=1S/C29H45N3O3/c1-27(34)13-14-28(2)18(16-27)5-7-20-21-8-9-23(29(21,3)12-11-22(20)28)26(33)17-32(31)25-15-19(35-4)6-10-24(25)30/h6,10,15,18,20-23,34H,5,7-9,11-14,16-17,30-31H2,1-4H3/t18?,20?,21?,22?,23?,27-,28?,29?/m1/s1. The van der Waals surface area contributed by atoms with Crippen molar-refractivity contribution in [3.8, 4) is 5.75 Å². The highest BCUT2D eigenvalue weighted by Crippen LogP contribution is 2.68. The summed E-state index contributed by atoms with van der Waals surface area (Å²) in [6, 6.07) is 5.38. The van der Waals surface area contributed by atoms with Crippen molar-refractivity contribution in [1.29, 1.82) is 0 Å². The van der Waals surface area contributed by atoms with Crippen LogP contribution in [0.1, 0.15) is 78.6 Å². The number of carbonyl (C=O) groups excluding carboxylic acids is 1. The van der Waals surface area contributed by atoms with Crippen LogP contribution < -0.4 is 21.3 Å². The summed E-state index contributed by atoms with van der Waals surface area (Å²) >= 11 is 0. The molecule has 0 aliphatic heterocycles. The quantitative estimate of drug-likeness (QED) is 0.312. The van der Waals surface area contributed by atoms with Crippen molar-refractivity contribution in [2.45, 2.75) is 84.2 Å². The number of hydrazine groups is 1. The Morgan fingerprint density at radius 2 is 1.80 bits per heavy atom. The van der Waals surface area contributed by atoms with Gasteiger partial charge in [-0.2, -0.15) is 0 Å². The Bertz CT molecular complexity index is 980. The van der Waals surface area contributed by atoms with Gasteiger partial charge in [0.05, 0.1) is 30.6 Å². The van der Waals surface area contributed by atoms with Crippen LogP contribution >= 0.6 is 0 Å². The molecule has 0 bridgehead atoms. The van der Waals surface area contributed by atoms with Crippen LogP contribution in [0.4, 0.5) is 11.4 Å². The number of rotatable bonds is 5. The maximum absolute atomic E-state index is 13.7. The topological polar surface area (TPSA) is 102 Å². The minimum atomic E-state index is -0.495. The number of aliphatic hydroxyl groups is 1. The van der Waals surface area contributed by atoms with Crippen molar-refractivity contribution in [2.75, 3.05) is 24.4 Å². The third kappa shape index (κ3) is 4.05. The lowest BCUT2D eigenvalue weighted by molar-refractivity contribution is -0.150. The fourth-order valence-corrected chi connectivity index (χ4v) is 9.22. The van der Waals surface area contributed by atoms with E-state index in [-0.39, 0.29) is 23.7 Å². The van der Waals surface area contributed by atoms with E-state index in [1.54, 1.807) is 25.3 Å². The van der Waals surface area contributed by atoms with Crippen LogP contribution in [0.5, 0.6) is 5.75 Å². The summed E-state index contributed by atoms with van der Waals surface area (Å²) in [7, 11) is 1.61. The van der Waals surface area contributed by atoms with E-state index in [1.807, 2.05) is 6.92 Å². The first kappa shape index (κ1) is 24.9. The fraction of sp³-hybridized carbons (Fsp3) is 0.759. The van der Waals surface area contributed by atoms with Crippen molar-refractivity contribution >= 4 is 17.2 Å². The van der Waals surface area contributed by atoms with Gasteiger partial charge in [0.25, 0.3) is 0 Å². The Morgan fingerprint density at radius 3 is 2.54 bits per heavy atom. The molecule has 4 aliphatic carbocycles. The third-order valence-corrected chi connectivity index (χ3v) is 11.2. The molecule has 4 aliphatic rings. The number of benzene rings is 1. The van der Waals surface area contributed by atoms with Crippen LogP contribution in [0.2, 0.25) is 0 Å². The molecule has 6 nitrogen and oxygen atoms in total. The minimum Gasteiger partial charge on any atom is -0.497 e. The second kappa shape index (κ2) is 8.65. The molecule has 194 valence electrons. The number of fused-ring (bicyclic) bond motifs is 5. The molecule has 8 atom stereocenters. The molecule has 0 heterocycles. The van der Waals surface area contributed by atoms with Crippen molar-refractivity contribution in [1.82, 2.24) is 0 Å². The predicted octanol–water partition coefficient (Wildman–Crippen LogP) is 4.94. The number of nitrogen functional groups attached to an aromatic ring is 1. The van der Waals surface area contributed by atoms with Gasteiger partial charge in [-0.15, -0.1) is 0 Å². The van der Waals surface area contributed by atoms with Gasteiger partial charge in [0.15, 0.2) is 5.78 Å². The lowest BCUT2D eigenvalue weighted by atomic mass is 9.44. The highest BCUT2D eigenvalue weighted by atomic mass is 16.5. The third-order valence-electron chi connectivity index (χ3n) is 11.2. The number of hydrogen-bond donors (Lipinski definition) is 3. The molecule has 4 saturated carbocycles. The molecule has 0 amide bonds. The smallest absolute Gasteiger partial charge is 0.157 e. The summed E-state index contributed by atoms with van der Waals surface area (Å²) in [6.45, 7) is 7.12. The number of anilines is 2. The summed E-state index contributed by atoms with van der Waals surface area (Å²) in [5.41, 5.74) is 7.25. The van der Waals surface area contributed by atoms with Gasteiger partial charge in [-0.05, 0) is 111 Å². The molecule has 0 spiro atoms. The van der Waals surface area contributed by atoms with Gasteiger partial charge in [-0.25, -0.2) is 5.84 Å². The van der Waals surface area contributed by atoms with E-state index in [4.69, 9.17) is 16.3 Å². The zero-order valence-electron chi connectivity index (χ0n) is 22.1. The Labute approximate surface area is 210 Å². The molecule has 0 saturated heterocycles. The zero-order chi connectivity index (χ0) is 25.2. The van der Waals surface area contributed by atoms with E-state index in [0.29, 0.717) is 40.3 Å². The molecule has 6 heteroatoms. The molecule has 35 heavy (non-hydrogen) atoms. The molecular weight excluding hydrogens is 438 g/mol. The van der Waals surface area contributed by atoms with Gasteiger partial charge in [-0.1, -0.05) is 13.8 Å². The lowest BCUT2D eigenvalue weighted by Crippen LogP contribution is -2.56. The van der Waals surface area contributed by atoms with Gasteiger partial charge >= 0.3 is 0 Å². The summed E-state index contributed by atoms with van der Waals surface area (Å²) in [6.07, 6.45) is 9.96. The summed E-state index contributed by atoms with van der Waals surface area (Å²) in [4.78, 5) is 13.7. The largest absolute Gasteiger partial charge is 0.497 e. The molecule has 1 aromatic carbocycles. The predicted molar refractivity (Wildman–Crippen MR) is 140 cm³/mol. The van der Waals surface area contributed by atoms with Crippen molar-refractivity contribution in [2.24, 2.45) is 46.3 Å². The highest BCUT2D eigenvalue weighted by molar-refractivity contribution is 5.87. The van der Waals surface area contributed by atoms with Gasteiger partial charge in [-0.3, -0.25) is 4.79 Å². The highest BCUT2D eigenvalue weighted by Gasteiger charge is 2.61. The lowest BCUT2D eigenvalue weighted by Gasteiger charge is -2.61. The number of hydrogen-bond acceptors (Lipinski definition) is 6. The van der Waals surface area contributed by atoms with Crippen molar-refractivity contribution in [3.05, 3.63) is 18.2 Å².